The SMILES string of the molecule is O=C(C=C([O-])c1ccco1)C(F)(F)F. The van der Waals surface area contributed by atoms with Crippen LogP contribution in [-0.2, 0) is 4.79 Å². The first-order valence-corrected chi connectivity index (χ1v) is 3.45. The maximum absolute atomic E-state index is 11.7. The highest BCUT2D eigenvalue weighted by Crippen LogP contribution is 2.18. The van der Waals surface area contributed by atoms with Crippen LogP contribution in [0.1, 0.15) is 5.76 Å². The molecule has 14 heavy (non-hydrogen) atoms. The second-order valence-corrected chi connectivity index (χ2v) is 2.35. The summed E-state index contributed by atoms with van der Waals surface area (Å²) in [6, 6.07) is 2.50. The number of halogens is 3. The second kappa shape index (κ2) is 3.57. The molecule has 0 saturated heterocycles. The number of rotatable bonds is 2. The molecule has 0 saturated carbocycles. The van der Waals surface area contributed by atoms with Gasteiger partial charge in [0.1, 0.15) is 5.76 Å². The molecule has 0 fully saturated rings. The van der Waals surface area contributed by atoms with E-state index >= 15 is 0 Å². The molecule has 1 aromatic heterocycles. The summed E-state index contributed by atoms with van der Waals surface area (Å²) < 4.78 is 39.6. The predicted molar refractivity (Wildman–Crippen MR) is 37.7 cm³/mol. The molecule has 0 bridgehead atoms. The number of furan rings is 1. The van der Waals surface area contributed by atoms with Gasteiger partial charge in [-0.15, -0.1) is 0 Å². The lowest BCUT2D eigenvalue weighted by Gasteiger charge is -2.08. The van der Waals surface area contributed by atoms with Crippen molar-refractivity contribution in [1.29, 1.82) is 0 Å². The molecule has 1 aromatic rings. The number of carbonyl (C=O) groups excluding carboxylic acids is 1. The summed E-state index contributed by atoms with van der Waals surface area (Å²) in [5.41, 5.74) is 0. The molecule has 0 atom stereocenters. The Bertz CT molecular complexity index is 348. The van der Waals surface area contributed by atoms with Gasteiger partial charge in [0, 0.05) is 0 Å². The molecule has 0 aliphatic heterocycles. The molecule has 1 heterocycles. The number of carbonyl (C=O) groups is 1. The summed E-state index contributed by atoms with van der Waals surface area (Å²) >= 11 is 0. The van der Waals surface area contributed by atoms with Crippen molar-refractivity contribution < 1.29 is 27.5 Å². The molecule has 0 spiro atoms. The fraction of sp³-hybridized carbons (Fsp3) is 0.125. The van der Waals surface area contributed by atoms with Gasteiger partial charge in [-0.05, 0) is 18.2 Å². The highest BCUT2D eigenvalue weighted by Gasteiger charge is 2.36. The van der Waals surface area contributed by atoms with Crippen molar-refractivity contribution in [2.45, 2.75) is 6.18 Å². The minimum Gasteiger partial charge on any atom is -0.870 e. The Kier molecular flexibility index (Phi) is 2.64. The molecule has 0 radical (unpaired) electrons. The first-order chi connectivity index (χ1) is 6.41. The fourth-order valence-electron chi connectivity index (χ4n) is 0.691. The number of hydrogen-bond donors (Lipinski definition) is 0. The first kappa shape index (κ1) is 10.4. The Balaban J connectivity index is 2.85. The van der Waals surface area contributed by atoms with E-state index in [1.807, 2.05) is 0 Å². The lowest BCUT2D eigenvalue weighted by Crippen LogP contribution is -2.21. The van der Waals surface area contributed by atoms with Gasteiger partial charge < -0.3 is 9.52 Å². The van der Waals surface area contributed by atoms with E-state index in [1.54, 1.807) is 0 Å². The van der Waals surface area contributed by atoms with E-state index in [9.17, 15) is 23.1 Å². The quantitative estimate of drug-likeness (QED) is 0.536. The molecule has 0 aliphatic rings. The maximum atomic E-state index is 11.7. The summed E-state index contributed by atoms with van der Waals surface area (Å²) in [7, 11) is 0. The van der Waals surface area contributed by atoms with Crippen molar-refractivity contribution in [3.63, 3.8) is 0 Å². The van der Waals surface area contributed by atoms with E-state index in [-0.39, 0.29) is 11.8 Å². The summed E-state index contributed by atoms with van der Waals surface area (Å²) in [5.74, 6) is -3.60. The lowest BCUT2D eigenvalue weighted by atomic mass is 10.3. The Morgan fingerprint density at radius 3 is 2.57 bits per heavy atom. The van der Waals surface area contributed by atoms with Gasteiger partial charge >= 0.3 is 6.18 Å². The van der Waals surface area contributed by atoms with E-state index in [0.29, 0.717) is 0 Å². The third-order valence-corrected chi connectivity index (χ3v) is 1.31. The van der Waals surface area contributed by atoms with Gasteiger partial charge in [0.2, 0.25) is 0 Å². The van der Waals surface area contributed by atoms with Gasteiger partial charge in [-0.1, -0.05) is 5.76 Å². The third-order valence-electron chi connectivity index (χ3n) is 1.31. The van der Waals surface area contributed by atoms with Gasteiger partial charge in [-0.3, -0.25) is 4.79 Å². The van der Waals surface area contributed by atoms with Crippen LogP contribution in [0, 0.1) is 0 Å². The molecule has 0 aliphatic carbocycles. The van der Waals surface area contributed by atoms with Crippen molar-refractivity contribution in [2.75, 3.05) is 0 Å². The zero-order valence-electron chi connectivity index (χ0n) is 6.67. The zero-order chi connectivity index (χ0) is 10.8. The van der Waals surface area contributed by atoms with Crippen LogP contribution in [0.3, 0.4) is 0 Å². The van der Waals surface area contributed by atoms with Crippen LogP contribution >= 0.6 is 0 Å². The van der Waals surface area contributed by atoms with E-state index in [1.165, 1.54) is 12.1 Å². The lowest BCUT2D eigenvalue weighted by molar-refractivity contribution is -0.246. The van der Waals surface area contributed by atoms with Crippen LogP contribution in [-0.4, -0.2) is 12.0 Å². The Labute approximate surface area is 76.4 Å². The highest BCUT2D eigenvalue weighted by molar-refractivity contribution is 5.98. The molecule has 0 N–H and O–H groups in total. The third kappa shape index (κ3) is 2.38. The van der Waals surface area contributed by atoms with E-state index < -0.39 is 17.7 Å². The Morgan fingerprint density at radius 1 is 1.50 bits per heavy atom. The Hall–Kier alpha value is -1.72. The largest absolute Gasteiger partial charge is 0.870 e. The summed E-state index contributed by atoms with van der Waals surface area (Å²) in [6.07, 6.45) is -3.94. The van der Waals surface area contributed by atoms with E-state index in [4.69, 9.17) is 0 Å². The van der Waals surface area contributed by atoms with Gasteiger partial charge in [-0.25, -0.2) is 0 Å². The second-order valence-electron chi connectivity index (χ2n) is 2.35. The van der Waals surface area contributed by atoms with Crippen LogP contribution in [0.4, 0.5) is 13.2 Å². The van der Waals surface area contributed by atoms with Crippen molar-refractivity contribution in [3.05, 3.63) is 30.2 Å². The minimum atomic E-state index is -5.03. The molecule has 0 amide bonds. The average molecular weight is 205 g/mol. The van der Waals surface area contributed by atoms with Gasteiger partial charge in [0.05, 0.1) is 6.26 Å². The first-order valence-electron chi connectivity index (χ1n) is 3.45. The number of allylic oxidation sites excluding steroid dienone is 1. The molecule has 76 valence electrons. The molecule has 3 nitrogen and oxygen atoms in total. The van der Waals surface area contributed by atoms with Crippen molar-refractivity contribution in [3.8, 4) is 0 Å². The van der Waals surface area contributed by atoms with Gasteiger partial charge in [-0.2, -0.15) is 13.2 Å². The number of hydrogen-bond acceptors (Lipinski definition) is 3. The standard InChI is InChI=1S/C8H5F3O3/c9-8(10,11)7(13)4-5(12)6-2-1-3-14-6/h1-4,12H/p-1. The van der Waals surface area contributed by atoms with Crippen molar-refractivity contribution in [2.24, 2.45) is 0 Å². The predicted octanol–water partition coefficient (Wildman–Crippen LogP) is 1.11. The maximum Gasteiger partial charge on any atom is 0.454 e. The molecule has 1 rings (SSSR count). The zero-order valence-corrected chi connectivity index (χ0v) is 6.67. The molecule has 0 aromatic carbocycles. The molecule has 6 heteroatoms. The summed E-state index contributed by atoms with van der Waals surface area (Å²) in [6.45, 7) is 0. The van der Waals surface area contributed by atoms with E-state index in [2.05, 4.69) is 4.42 Å². The topological polar surface area (TPSA) is 53.3 Å². The van der Waals surface area contributed by atoms with Crippen LogP contribution in [0.2, 0.25) is 0 Å². The smallest absolute Gasteiger partial charge is 0.454 e. The average Bonchev–Trinajstić information content (AvgIpc) is 2.53. The molecule has 0 unspecified atom stereocenters. The summed E-state index contributed by atoms with van der Waals surface area (Å²) in [5, 5.41) is 10.9. The number of ketones is 1. The van der Waals surface area contributed by atoms with Crippen molar-refractivity contribution >= 4 is 11.5 Å². The summed E-state index contributed by atoms with van der Waals surface area (Å²) in [4.78, 5) is 10.3. The fourth-order valence-corrected chi connectivity index (χ4v) is 0.691. The van der Waals surface area contributed by atoms with Crippen LogP contribution in [0.25, 0.3) is 5.76 Å². The van der Waals surface area contributed by atoms with Gasteiger partial charge in [0.25, 0.3) is 5.78 Å². The molecular formula is C8H4F3O3-. The van der Waals surface area contributed by atoms with E-state index in [0.717, 1.165) is 6.26 Å². The highest BCUT2D eigenvalue weighted by atomic mass is 19.4. The van der Waals surface area contributed by atoms with Crippen LogP contribution in [0.15, 0.2) is 28.9 Å². The van der Waals surface area contributed by atoms with Crippen LogP contribution < -0.4 is 5.11 Å². The normalized spacial score (nSPS) is 12.9. The molecular weight excluding hydrogens is 201 g/mol. The minimum absolute atomic E-state index is 0.0428. The number of alkyl halides is 3. The monoisotopic (exact) mass is 205 g/mol. The van der Waals surface area contributed by atoms with Gasteiger partial charge in [0.15, 0.2) is 0 Å². The Morgan fingerprint density at radius 2 is 2.14 bits per heavy atom. The van der Waals surface area contributed by atoms with Crippen molar-refractivity contribution in [1.82, 2.24) is 0 Å². The van der Waals surface area contributed by atoms with Crippen LogP contribution in [0.5, 0.6) is 0 Å².